The summed E-state index contributed by atoms with van der Waals surface area (Å²) in [5.41, 5.74) is 2.04. The number of nitrogens with one attached hydrogen (secondary N) is 3. The summed E-state index contributed by atoms with van der Waals surface area (Å²) in [5, 5.41) is 21.1. The summed E-state index contributed by atoms with van der Waals surface area (Å²) in [6.45, 7) is 2.75. The van der Waals surface area contributed by atoms with Gasteiger partial charge in [0.15, 0.2) is 5.84 Å². The second kappa shape index (κ2) is 16.4. The number of alkyl carbamates (subject to hydrolysis) is 1. The molecule has 2 aliphatic rings. The second-order valence-electron chi connectivity index (χ2n) is 10.9. The number of hydrogen-bond acceptors (Lipinski definition) is 9. The smallest absolute Gasteiger partial charge is 0.413 e. The average Bonchev–Trinajstić information content (AvgIpc) is 3.02. The van der Waals surface area contributed by atoms with Crippen molar-refractivity contribution in [3.8, 4) is 0 Å². The van der Waals surface area contributed by atoms with Crippen molar-refractivity contribution in [1.82, 2.24) is 20.9 Å². The number of carbonyl (C=O) groups excluding carboxylic acids is 4. The molecule has 1 aliphatic carbocycles. The standard InChI is InChI=1S/C32H41N5O7/c1-2-43-27(38)20-33-28(24-11-7-4-8-12-24)31(40)37-18-17-26(37)30(39)34-19-22-13-15-25(16-14-22)29(36-42)35-32(41)44-21-23-9-5-3-6-10-23/h3,5-6,9-10,13-16,24,26,28,33,42H,2,4,7-8,11-12,17-21H2,1H3,(H,34,39)(H,35,36,41). The Hall–Kier alpha value is -4.45. The zero-order chi connectivity index (χ0) is 31.3. The molecule has 2 fully saturated rings. The number of amides is 3. The first-order valence-corrected chi connectivity index (χ1v) is 15.2. The van der Waals surface area contributed by atoms with Gasteiger partial charge in [-0.25, -0.2) is 4.79 Å². The summed E-state index contributed by atoms with van der Waals surface area (Å²) in [7, 11) is 0. The van der Waals surface area contributed by atoms with Crippen LogP contribution in [0.25, 0.3) is 0 Å². The van der Waals surface area contributed by atoms with Gasteiger partial charge < -0.3 is 24.9 Å². The van der Waals surface area contributed by atoms with Crippen LogP contribution in [-0.2, 0) is 37.0 Å². The van der Waals surface area contributed by atoms with Gasteiger partial charge in [0.2, 0.25) is 11.8 Å². The Morgan fingerprint density at radius 3 is 2.32 bits per heavy atom. The summed E-state index contributed by atoms with van der Waals surface area (Å²) >= 11 is 0. The topological polar surface area (TPSA) is 159 Å². The summed E-state index contributed by atoms with van der Waals surface area (Å²) in [6, 6.07) is 14.9. The molecular formula is C32H41N5O7. The van der Waals surface area contributed by atoms with Crippen molar-refractivity contribution in [2.24, 2.45) is 11.1 Å². The molecule has 2 aromatic rings. The van der Waals surface area contributed by atoms with Gasteiger partial charge in [-0.3, -0.25) is 25.0 Å². The molecule has 1 heterocycles. The first-order chi connectivity index (χ1) is 21.4. The highest BCUT2D eigenvalue weighted by molar-refractivity contribution is 6.06. The molecule has 2 atom stereocenters. The number of benzene rings is 2. The van der Waals surface area contributed by atoms with Crippen molar-refractivity contribution in [3.05, 3.63) is 71.3 Å². The van der Waals surface area contributed by atoms with Gasteiger partial charge in [-0.15, -0.1) is 0 Å². The van der Waals surface area contributed by atoms with Crippen molar-refractivity contribution in [2.45, 2.75) is 70.7 Å². The number of amidine groups is 1. The lowest BCUT2D eigenvalue weighted by Gasteiger charge is -2.43. The first kappa shape index (κ1) is 32.5. The van der Waals surface area contributed by atoms with E-state index in [9.17, 15) is 24.4 Å². The van der Waals surface area contributed by atoms with Gasteiger partial charge in [-0.2, -0.15) is 0 Å². The van der Waals surface area contributed by atoms with E-state index in [-0.39, 0.29) is 49.9 Å². The molecule has 1 saturated heterocycles. The Kier molecular flexibility index (Phi) is 12.1. The van der Waals surface area contributed by atoms with Crippen LogP contribution in [0, 0.1) is 5.92 Å². The molecule has 0 spiro atoms. The van der Waals surface area contributed by atoms with E-state index < -0.39 is 24.1 Å². The third-order valence-corrected chi connectivity index (χ3v) is 7.99. The fourth-order valence-corrected chi connectivity index (χ4v) is 5.53. The number of oxime groups is 1. The number of esters is 1. The van der Waals surface area contributed by atoms with Crippen LogP contribution in [0.5, 0.6) is 0 Å². The molecule has 4 N–H and O–H groups in total. The quantitative estimate of drug-likeness (QED) is 0.0942. The van der Waals surface area contributed by atoms with Crippen LogP contribution in [0.15, 0.2) is 59.8 Å². The van der Waals surface area contributed by atoms with Crippen LogP contribution < -0.4 is 16.0 Å². The highest BCUT2D eigenvalue weighted by Crippen LogP contribution is 2.29. The summed E-state index contributed by atoms with van der Waals surface area (Å²) in [5.74, 6) is -0.766. The molecule has 1 aliphatic heterocycles. The van der Waals surface area contributed by atoms with E-state index in [1.165, 1.54) is 0 Å². The lowest BCUT2D eigenvalue weighted by Crippen LogP contribution is -2.63. The molecule has 44 heavy (non-hydrogen) atoms. The predicted molar refractivity (Wildman–Crippen MR) is 161 cm³/mol. The Morgan fingerprint density at radius 2 is 1.68 bits per heavy atom. The Morgan fingerprint density at radius 1 is 0.955 bits per heavy atom. The minimum absolute atomic E-state index is 0.0471. The van der Waals surface area contributed by atoms with Gasteiger partial charge in [0.25, 0.3) is 0 Å². The van der Waals surface area contributed by atoms with Crippen molar-refractivity contribution in [2.75, 3.05) is 19.7 Å². The largest absolute Gasteiger partial charge is 0.465 e. The monoisotopic (exact) mass is 607 g/mol. The highest BCUT2D eigenvalue weighted by atomic mass is 16.5. The molecule has 0 aromatic heterocycles. The van der Waals surface area contributed by atoms with Gasteiger partial charge in [0, 0.05) is 18.7 Å². The number of hydrogen-bond donors (Lipinski definition) is 4. The molecule has 4 rings (SSSR count). The Bertz CT molecular complexity index is 1300. The molecule has 0 bridgehead atoms. The van der Waals surface area contributed by atoms with Gasteiger partial charge in [-0.05, 0) is 43.2 Å². The molecular weight excluding hydrogens is 566 g/mol. The van der Waals surface area contributed by atoms with E-state index in [4.69, 9.17) is 9.47 Å². The average molecular weight is 608 g/mol. The molecule has 12 heteroatoms. The number of ether oxygens (including phenoxy) is 2. The van der Waals surface area contributed by atoms with Gasteiger partial charge in [0.1, 0.15) is 12.6 Å². The predicted octanol–water partition coefficient (Wildman–Crippen LogP) is 3.07. The van der Waals surface area contributed by atoms with Crippen LogP contribution in [0.4, 0.5) is 4.79 Å². The maximum atomic E-state index is 13.6. The van der Waals surface area contributed by atoms with Gasteiger partial charge >= 0.3 is 12.1 Å². The SMILES string of the molecule is CCOC(=O)CNC(C(=O)N1CCC1C(=O)NCc1ccc(/C(=N/O)NC(=O)OCc2ccccc2)cc1)C1CCCCC1. The van der Waals surface area contributed by atoms with E-state index in [0.29, 0.717) is 18.5 Å². The summed E-state index contributed by atoms with van der Waals surface area (Å²) in [6.07, 6.45) is 4.82. The maximum Gasteiger partial charge on any atom is 0.413 e. The summed E-state index contributed by atoms with van der Waals surface area (Å²) < 4.78 is 10.2. The van der Waals surface area contributed by atoms with E-state index in [2.05, 4.69) is 21.1 Å². The van der Waals surface area contributed by atoms with Crippen LogP contribution >= 0.6 is 0 Å². The lowest BCUT2D eigenvalue weighted by atomic mass is 9.82. The number of nitrogens with zero attached hydrogens (tertiary/aromatic N) is 2. The van der Waals surface area contributed by atoms with Gasteiger partial charge in [-0.1, -0.05) is 79.0 Å². The molecule has 12 nitrogen and oxygen atoms in total. The molecule has 236 valence electrons. The van der Waals surface area contributed by atoms with E-state index in [0.717, 1.165) is 43.2 Å². The molecule has 2 unspecified atom stereocenters. The van der Waals surface area contributed by atoms with Crippen molar-refractivity contribution >= 4 is 29.7 Å². The minimum atomic E-state index is -0.764. The fourth-order valence-electron chi connectivity index (χ4n) is 5.53. The number of likely N-dealkylation sites (tertiary alicyclic amines) is 1. The number of rotatable bonds is 12. The fraction of sp³-hybridized carbons (Fsp3) is 0.469. The van der Waals surface area contributed by atoms with Crippen LogP contribution in [-0.4, -0.2) is 71.6 Å². The van der Waals surface area contributed by atoms with Crippen LogP contribution in [0.2, 0.25) is 0 Å². The van der Waals surface area contributed by atoms with E-state index >= 15 is 0 Å². The zero-order valence-electron chi connectivity index (χ0n) is 25.0. The molecule has 2 aromatic carbocycles. The van der Waals surface area contributed by atoms with Crippen molar-refractivity contribution in [3.63, 3.8) is 0 Å². The van der Waals surface area contributed by atoms with Crippen LogP contribution in [0.1, 0.15) is 62.1 Å². The third kappa shape index (κ3) is 9.03. The minimum Gasteiger partial charge on any atom is -0.465 e. The number of carbonyl (C=O) groups is 4. The zero-order valence-corrected chi connectivity index (χ0v) is 25.0. The van der Waals surface area contributed by atoms with Gasteiger partial charge in [0.05, 0.1) is 19.2 Å². The third-order valence-electron chi connectivity index (χ3n) is 7.99. The molecule has 3 amide bonds. The van der Waals surface area contributed by atoms with Crippen molar-refractivity contribution in [1.29, 1.82) is 0 Å². The molecule has 0 radical (unpaired) electrons. The van der Waals surface area contributed by atoms with Crippen LogP contribution in [0.3, 0.4) is 0 Å². The van der Waals surface area contributed by atoms with Crippen molar-refractivity contribution < 1.29 is 33.9 Å². The first-order valence-electron chi connectivity index (χ1n) is 15.2. The Balaban J connectivity index is 1.27. The normalized spacial score (nSPS) is 17.6. The molecule has 1 saturated carbocycles. The lowest BCUT2D eigenvalue weighted by molar-refractivity contribution is -0.151. The second-order valence-corrected chi connectivity index (χ2v) is 10.9. The van der Waals surface area contributed by atoms with E-state index in [1.54, 1.807) is 36.1 Å². The Labute approximate surface area is 257 Å². The summed E-state index contributed by atoms with van der Waals surface area (Å²) in [4.78, 5) is 52.4. The maximum absolute atomic E-state index is 13.6. The highest BCUT2D eigenvalue weighted by Gasteiger charge is 2.42. The van der Waals surface area contributed by atoms with E-state index in [1.807, 2.05) is 30.3 Å².